The molecule has 0 saturated heterocycles. The van der Waals surface area contributed by atoms with E-state index in [2.05, 4.69) is 6.92 Å². The predicted molar refractivity (Wildman–Crippen MR) is 52.8 cm³/mol. The van der Waals surface area contributed by atoms with Gasteiger partial charge in [-0.15, -0.1) is 0 Å². The first-order valence-electron chi connectivity index (χ1n) is 4.97. The van der Waals surface area contributed by atoms with Crippen molar-refractivity contribution in [1.29, 1.82) is 0 Å². The average Bonchev–Trinajstić information content (AvgIpc) is 2.14. The zero-order valence-corrected chi connectivity index (χ0v) is 8.95. The lowest BCUT2D eigenvalue weighted by molar-refractivity contribution is 0.00181. The fourth-order valence-electron chi connectivity index (χ4n) is 1.01. The highest BCUT2D eigenvalue weighted by Gasteiger charge is 2.13. The Balaban J connectivity index is 3.38. The summed E-state index contributed by atoms with van der Waals surface area (Å²) in [6.45, 7) is 5.94. The van der Waals surface area contributed by atoms with E-state index in [1.165, 1.54) is 0 Å². The van der Waals surface area contributed by atoms with Gasteiger partial charge in [-0.25, -0.2) is 0 Å². The van der Waals surface area contributed by atoms with E-state index in [1.807, 2.05) is 6.92 Å². The maximum absolute atomic E-state index is 9.59. The molecule has 0 aromatic heterocycles. The van der Waals surface area contributed by atoms with Crippen molar-refractivity contribution in [1.82, 2.24) is 0 Å². The largest absolute Gasteiger partial charge is 0.390 e. The normalized spacial score (nSPS) is 15.7. The molecule has 0 aliphatic carbocycles. The molecular formula is C10H22O3. The summed E-state index contributed by atoms with van der Waals surface area (Å²) in [5.41, 5.74) is 0. The highest BCUT2D eigenvalue weighted by molar-refractivity contribution is 4.63. The van der Waals surface area contributed by atoms with Gasteiger partial charge < -0.3 is 14.6 Å². The van der Waals surface area contributed by atoms with Crippen molar-refractivity contribution in [2.24, 2.45) is 5.92 Å². The van der Waals surface area contributed by atoms with E-state index in [0.717, 1.165) is 19.4 Å². The first kappa shape index (κ1) is 12.9. The van der Waals surface area contributed by atoms with E-state index in [-0.39, 0.29) is 12.0 Å². The van der Waals surface area contributed by atoms with Gasteiger partial charge in [0.2, 0.25) is 0 Å². The van der Waals surface area contributed by atoms with Crippen LogP contribution in [-0.4, -0.2) is 38.1 Å². The van der Waals surface area contributed by atoms with Gasteiger partial charge >= 0.3 is 0 Å². The average molecular weight is 190 g/mol. The fraction of sp³-hybridized carbons (Fsp3) is 1.00. The third-order valence-electron chi connectivity index (χ3n) is 2.07. The van der Waals surface area contributed by atoms with Crippen LogP contribution in [0.15, 0.2) is 0 Å². The van der Waals surface area contributed by atoms with Crippen LogP contribution in [0, 0.1) is 5.92 Å². The van der Waals surface area contributed by atoms with Crippen LogP contribution in [0.2, 0.25) is 0 Å². The molecule has 0 spiro atoms. The van der Waals surface area contributed by atoms with Gasteiger partial charge in [-0.2, -0.15) is 0 Å². The standard InChI is InChI=1S/C10H22O3/c1-4-6-13-8-10(11)9(2)5-7-12-3/h9-11H,4-8H2,1-3H3. The number of ether oxygens (including phenoxy) is 2. The highest BCUT2D eigenvalue weighted by Crippen LogP contribution is 2.08. The lowest BCUT2D eigenvalue weighted by Crippen LogP contribution is -2.24. The molecule has 13 heavy (non-hydrogen) atoms. The van der Waals surface area contributed by atoms with Crippen LogP contribution in [-0.2, 0) is 9.47 Å². The van der Waals surface area contributed by atoms with Crippen molar-refractivity contribution in [3.63, 3.8) is 0 Å². The summed E-state index contributed by atoms with van der Waals surface area (Å²) in [6, 6.07) is 0. The number of hydrogen-bond donors (Lipinski definition) is 1. The Morgan fingerprint density at radius 2 is 2.00 bits per heavy atom. The Bertz CT molecular complexity index is 106. The van der Waals surface area contributed by atoms with Crippen molar-refractivity contribution in [3.05, 3.63) is 0 Å². The molecule has 0 saturated carbocycles. The molecule has 0 rings (SSSR count). The van der Waals surface area contributed by atoms with Gasteiger partial charge in [-0.05, 0) is 18.8 Å². The van der Waals surface area contributed by atoms with Crippen LogP contribution < -0.4 is 0 Å². The SMILES string of the molecule is CCCOCC(O)C(C)CCOC. The Kier molecular flexibility index (Phi) is 8.40. The molecule has 2 unspecified atom stereocenters. The molecule has 0 bridgehead atoms. The molecule has 3 heteroatoms. The molecule has 0 radical (unpaired) electrons. The monoisotopic (exact) mass is 190 g/mol. The third kappa shape index (κ3) is 6.99. The molecule has 0 amide bonds. The van der Waals surface area contributed by atoms with Crippen molar-refractivity contribution < 1.29 is 14.6 Å². The third-order valence-corrected chi connectivity index (χ3v) is 2.07. The number of aliphatic hydroxyl groups is 1. The molecule has 0 aliphatic heterocycles. The van der Waals surface area contributed by atoms with Gasteiger partial charge in [0.1, 0.15) is 0 Å². The van der Waals surface area contributed by atoms with Gasteiger partial charge in [0, 0.05) is 20.3 Å². The minimum atomic E-state index is -0.360. The van der Waals surface area contributed by atoms with Crippen LogP contribution in [0.25, 0.3) is 0 Å². The molecule has 0 aromatic rings. The van der Waals surface area contributed by atoms with Crippen molar-refractivity contribution >= 4 is 0 Å². The van der Waals surface area contributed by atoms with E-state index in [0.29, 0.717) is 13.2 Å². The lowest BCUT2D eigenvalue weighted by Gasteiger charge is -2.18. The Labute approximate surface area is 81.0 Å². The summed E-state index contributed by atoms with van der Waals surface area (Å²) in [6.07, 6.45) is 1.52. The second-order valence-electron chi connectivity index (χ2n) is 3.40. The van der Waals surface area contributed by atoms with Gasteiger partial charge in [0.15, 0.2) is 0 Å². The first-order valence-corrected chi connectivity index (χ1v) is 4.97. The van der Waals surface area contributed by atoms with Gasteiger partial charge in [0.05, 0.1) is 12.7 Å². The number of methoxy groups -OCH3 is 1. The maximum atomic E-state index is 9.59. The maximum Gasteiger partial charge on any atom is 0.0799 e. The summed E-state index contributed by atoms with van der Waals surface area (Å²) in [7, 11) is 1.67. The van der Waals surface area contributed by atoms with E-state index >= 15 is 0 Å². The van der Waals surface area contributed by atoms with E-state index in [4.69, 9.17) is 9.47 Å². The van der Waals surface area contributed by atoms with Gasteiger partial charge in [-0.1, -0.05) is 13.8 Å². The molecule has 0 aliphatic rings. The minimum Gasteiger partial charge on any atom is -0.390 e. The molecule has 0 aromatic carbocycles. The zero-order valence-electron chi connectivity index (χ0n) is 8.95. The van der Waals surface area contributed by atoms with Crippen LogP contribution >= 0.6 is 0 Å². The molecule has 0 heterocycles. The number of rotatable bonds is 8. The Morgan fingerprint density at radius 3 is 2.54 bits per heavy atom. The molecule has 1 N–H and O–H groups in total. The summed E-state index contributed by atoms with van der Waals surface area (Å²) in [5.74, 6) is 0.247. The van der Waals surface area contributed by atoms with Crippen molar-refractivity contribution in [2.45, 2.75) is 32.8 Å². The quantitative estimate of drug-likeness (QED) is 0.589. The highest BCUT2D eigenvalue weighted by atomic mass is 16.5. The van der Waals surface area contributed by atoms with Crippen LogP contribution in [0.1, 0.15) is 26.7 Å². The van der Waals surface area contributed by atoms with Crippen molar-refractivity contribution in [2.75, 3.05) is 26.9 Å². The molecule has 3 nitrogen and oxygen atoms in total. The molecular weight excluding hydrogens is 168 g/mol. The summed E-state index contributed by atoms with van der Waals surface area (Å²) >= 11 is 0. The van der Waals surface area contributed by atoms with E-state index in [1.54, 1.807) is 7.11 Å². The summed E-state index contributed by atoms with van der Waals surface area (Å²) in [4.78, 5) is 0. The van der Waals surface area contributed by atoms with Crippen LogP contribution in [0.3, 0.4) is 0 Å². The van der Waals surface area contributed by atoms with Crippen molar-refractivity contribution in [3.8, 4) is 0 Å². The van der Waals surface area contributed by atoms with E-state index in [9.17, 15) is 5.11 Å². The second-order valence-corrected chi connectivity index (χ2v) is 3.40. The van der Waals surface area contributed by atoms with E-state index < -0.39 is 0 Å². The minimum absolute atomic E-state index is 0.247. The van der Waals surface area contributed by atoms with Crippen LogP contribution in [0.4, 0.5) is 0 Å². The predicted octanol–water partition coefficient (Wildman–Crippen LogP) is 1.45. The summed E-state index contributed by atoms with van der Waals surface area (Å²) in [5, 5.41) is 9.59. The molecule has 80 valence electrons. The van der Waals surface area contributed by atoms with Gasteiger partial charge in [0.25, 0.3) is 0 Å². The number of hydrogen-bond acceptors (Lipinski definition) is 3. The second kappa shape index (κ2) is 8.48. The zero-order chi connectivity index (χ0) is 10.1. The fourth-order valence-corrected chi connectivity index (χ4v) is 1.01. The van der Waals surface area contributed by atoms with Gasteiger partial charge in [-0.3, -0.25) is 0 Å². The summed E-state index contributed by atoms with van der Waals surface area (Å²) < 4.78 is 10.2. The molecule has 2 atom stereocenters. The molecule has 0 fully saturated rings. The Hall–Kier alpha value is -0.120. The number of aliphatic hydroxyl groups excluding tert-OH is 1. The Morgan fingerprint density at radius 1 is 1.31 bits per heavy atom. The topological polar surface area (TPSA) is 38.7 Å². The lowest BCUT2D eigenvalue weighted by atomic mass is 10.0. The smallest absolute Gasteiger partial charge is 0.0799 e. The van der Waals surface area contributed by atoms with Crippen LogP contribution in [0.5, 0.6) is 0 Å². The first-order chi connectivity index (χ1) is 6.22.